The Bertz CT molecular complexity index is 525. The predicted octanol–water partition coefficient (Wildman–Crippen LogP) is -0.117. The van der Waals surface area contributed by atoms with Crippen LogP contribution in [0.15, 0.2) is 12.1 Å². The van der Waals surface area contributed by atoms with E-state index in [1.807, 2.05) is 0 Å². The Kier molecular flexibility index (Phi) is 3.12. The summed E-state index contributed by atoms with van der Waals surface area (Å²) in [5.41, 5.74) is 0.541. The Balaban J connectivity index is 2.09. The van der Waals surface area contributed by atoms with Crippen molar-refractivity contribution < 1.29 is 9.53 Å². The molecule has 2 rings (SSSR count). The Hall–Kier alpha value is -2.25. The number of hydrogen-bond donors (Lipinski definition) is 1. The molecule has 0 fully saturated rings. The third kappa shape index (κ3) is 2.47. The Morgan fingerprint density at radius 1 is 1.59 bits per heavy atom. The van der Waals surface area contributed by atoms with Gasteiger partial charge in [0.1, 0.15) is 11.9 Å². The van der Waals surface area contributed by atoms with Crippen LogP contribution in [0.4, 0.5) is 5.82 Å². The van der Waals surface area contributed by atoms with Crippen LogP contribution in [0.3, 0.4) is 0 Å². The maximum atomic E-state index is 11.4. The second kappa shape index (κ2) is 4.73. The molecule has 0 radical (unpaired) electrons. The van der Waals surface area contributed by atoms with Gasteiger partial charge < -0.3 is 10.1 Å². The van der Waals surface area contributed by atoms with Gasteiger partial charge in [-0.25, -0.2) is 4.79 Å². The number of fused-ring (bicyclic) bond motifs is 1. The van der Waals surface area contributed by atoms with Crippen molar-refractivity contribution >= 4 is 17.4 Å². The molecule has 2 heterocycles. The third-order valence-electron chi connectivity index (χ3n) is 2.07. The van der Waals surface area contributed by atoms with Crippen LogP contribution in [0.5, 0.6) is 0 Å². The van der Waals surface area contributed by atoms with Gasteiger partial charge in [-0.15, -0.1) is 14.8 Å². The van der Waals surface area contributed by atoms with Crippen molar-refractivity contribution in [1.29, 1.82) is 0 Å². The standard InChI is InChI=1S/C9H12N6O2/c1-3-17-9(16)6(2)10-7-4-5-8-11-13-14-15(8)12-7/h4-6H,3H2,1-2H3,(H,10,12). The van der Waals surface area contributed by atoms with Gasteiger partial charge in [-0.3, -0.25) is 0 Å². The van der Waals surface area contributed by atoms with Crippen molar-refractivity contribution in [3.8, 4) is 0 Å². The van der Waals surface area contributed by atoms with Crippen molar-refractivity contribution in [3.05, 3.63) is 12.1 Å². The zero-order valence-corrected chi connectivity index (χ0v) is 9.49. The van der Waals surface area contributed by atoms with Crippen LogP contribution in [0.1, 0.15) is 13.8 Å². The number of carbonyl (C=O) groups is 1. The van der Waals surface area contributed by atoms with Gasteiger partial charge in [-0.05, 0) is 36.4 Å². The minimum atomic E-state index is -0.476. The van der Waals surface area contributed by atoms with Gasteiger partial charge in [0.05, 0.1) is 6.61 Å². The summed E-state index contributed by atoms with van der Waals surface area (Å²) in [6, 6.07) is 2.92. The van der Waals surface area contributed by atoms with Gasteiger partial charge in [-0.2, -0.15) is 0 Å². The number of tetrazole rings is 1. The van der Waals surface area contributed by atoms with E-state index in [4.69, 9.17) is 4.74 Å². The number of nitrogens with zero attached hydrogens (tertiary/aromatic N) is 5. The minimum absolute atomic E-state index is 0.328. The quantitative estimate of drug-likeness (QED) is 0.739. The van der Waals surface area contributed by atoms with E-state index in [1.54, 1.807) is 26.0 Å². The third-order valence-corrected chi connectivity index (χ3v) is 2.07. The largest absolute Gasteiger partial charge is 0.464 e. The van der Waals surface area contributed by atoms with Crippen molar-refractivity contribution in [3.63, 3.8) is 0 Å². The summed E-state index contributed by atoms with van der Waals surface area (Å²) in [5.74, 6) is 0.177. The molecule has 0 spiro atoms. The highest BCUT2D eigenvalue weighted by atomic mass is 16.5. The molecule has 1 atom stereocenters. The number of esters is 1. The fourth-order valence-corrected chi connectivity index (χ4v) is 1.27. The van der Waals surface area contributed by atoms with E-state index in [1.165, 1.54) is 4.63 Å². The lowest BCUT2D eigenvalue weighted by atomic mass is 10.3. The van der Waals surface area contributed by atoms with E-state index in [9.17, 15) is 4.79 Å². The number of ether oxygens (including phenoxy) is 1. The number of carbonyl (C=O) groups excluding carboxylic acids is 1. The molecule has 1 N–H and O–H groups in total. The number of aromatic nitrogens is 5. The van der Waals surface area contributed by atoms with Gasteiger partial charge in [0.25, 0.3) is 0 Å². The minimum Gasteiger partial charge on any atom is -0.464 e. The molecule has 0 saturated heterocycles. The molecule has 0 aromatic carbocycles. The predicted molar refractivity (Wildman–Crippen MR) is 58.3 cm³/mol. The summed E-state index contributed by atoms with van der Waals surface area (Å²) in [6.45, 7) is 3.81. The van der Waals surface area contributed by atoms with Gasteiger partial charge in [0, 0.05) is 0 Å². The maximum Gasteiger partial charge on any atom is 0.328 e. The highest BCUT2D eigenvalue weighted by Gasteiger charge is 2.14. The number of rotatable bonds is 4. The molecule has 0 aliphatic rings. The summed E-state index contributed by atoms with van der Waals surface area (Å²) in [4.78, 5) is 11.4. The smallest absolute Gasteiger partial charge is 0.328 e. The zero-order chi connectivity index (χ0) is 12.3. The summed E-state index contributed by atoms with van der Waals surface area (Å²) >= 11 is 0. The first-order valence-electron chi connectivity index (χ1n) is 5.19. The molecule has 2 aromatic rings. The second-order valence-corrected chi connectivity index (χ2v) is 3.36. The lowest BCUT2D eigenvalue weighted by Gasteiger charge is -2.12. The molecule has 0 amide bonds. The fraction of sp³-hybridized carbons (Fsp3) is 0.444. The Morgan fingerprint density at radius 3 is 3.18 bits per heavy atom. The lowest BCUT2D eigenvalue weighted by molar-refractivity contribution is -0.143. The molecule has 90 valence electrons. The van der Waals surface area contributed by atoms with Crippen LogP contribution in [0.2, 0.25) is 0 Å². The molecule has 17 heavy (non-hydrogen) atoms. The SMILES string of the molecule is CCOC(=O)C(C)Nc1ccc2nnnn2n1. The van der Waals surface area contributed by atoms with Crippen molar-refractivity contribution in [2.24, 2.45) is 0 Å². The molecular formula is C9H12N6O2. The van der Waals surface area contributed by atoms with E-state index >= 15 is 0 Å². The molecule has 8 heteroatoms. The molecule has 8 nitrogen and oxygen atoms in total. The summed E-state index contributed by atoms with van der Waals surface area (Å²) in [6.07, 6.45) is 0. The summed E-state index contributed by atoms with van der Waals surface area (Å²) in [5, 5.41) is 17.8. The number of anilines is 1. The van der Waals surface area contributed by atoms with Gasteiger partial charge >= 0.3 is 5.97 Å². The second-order valence-electron chi connectivity index (χ2n) is 3.36. The Morgan fingerprint density at radius 2 is 2.41 bits per heavy atom. The van der Waals surface area contributed by atoms with Crippen LogP contribution < -0.4 is 5.32 Å². The topological polar surface area (TPSA) is 94.3 Å². The summed E-state index contributed by atoms with van der Waals surface area (Å²) < 4.78 is 6.15. The van der Waals surface area contributed by atoms with Crippen LogP contribution >= 0.6 is 0 Å². The first-order chi connectivity index (χ1) is 8.20. The van der Waals surface area contributed by atoms with Crippen molar-refractivity contribution in [2.75, 3.05) is 11.9 Å². The molecular weight excluding hydrogens is 224 g/mol. The molecule has 0 aliphatic heterocycles. The highest BCUT2D eigenvalue weighted by Crippen LogP contribution is 2.05. The van der Waals surface area contributed by atoms with E-state index in [0.29, 0.717) is 18.1 Å². The molecule has 1 unspecified atom stereocenters. The number of hydrogen-bond acceptors (Lipinski definition) is 7. The monoisotopic (exact) mass is 236 g/mol. The van der Waals surface area contributed by atoms with Crippen LogP contribution in [-0.2, 0) is 9.53 Å². The lowest BCUT2D eigenvalue weighted by Crippen LogP contribution is -2.28. The van der Waals surface area contributed by atoms with Gasteiger partial charge in [0.2, 0.25) is 0 Å². The highest BCUT2D eigenvalue weighted by molar-refractivity contribution is 5.78. The van der Waals surface area contributed by atoms with Crippen LogP contribution in [0, 0.1) is 0 Å². The van der Waals surface area contributed by atoms with E-state index in [-0.39, 0.29) is 5.97 Å². The van der Waals surface area contributed by atoms with Crippen LogP contribution in [0.25, 0.3) is 5.65 Å². The average molecular weight is 236 g/mol. The fourth-order valence-electron chi connectivity index (χ4n) is 1.27. The van der Waals surface area contributed by atoms with E-state index in [0.717, 1.165) is 0 Å². The molecule has 2 aromatic heterocycles. The van der Waals surface area contributed by atoms with Crippen molar-refractivity contribution in [2.45, 2.75) is 19.9 Å². The summed E-state index contributed by atoms with van der Waals surface area (Å²) in [7, 11) is 0. The molecule has 0 bridgehead atoms. The zero-order valence-electron chi connectivity index (χ0n) is 9.49. The molecule has 0 aliphatic carbocycles. The van der Waals surface area contributed by atoms with E-state index in [2.05, 4.69) is 25.9 Å². The van der Waals surface area contributed by atoms with Gasteiger partial charge in [-0.1, -0.05) is 0 Å². The first-order valence-corrected chi connectivity index (χ1v) is 5.19. The van der Waals surface area contributed by atoms with Crippen molar-refractivity contribution in [1.82, 2.24) is 25.3 Å². The van der Waals surface area contributed by atoms with Gasteiger partial charge in [0.15, 0.2) is 5.65 Å². The number of nitrogens with one attached hydrogen (secondary N) is 1. The van der Waals surface area contributed by atoms with E-state index < -0.39 is 6.04 Å². The average Bonchev–Trinajstić information content (AvgIpc) is 2.76. The normalized spacial score (nSPS) is 12.4. The first kappa shape index (κ1) is 11.2. The van der Waals surface area contributed by atoms with Crippen LogP contribution in [-0.4, -0.2) is 43.9 Å². The molecule has 0 saturated carbocycles. The Labute approximate surface area is 97.0 Å². The maximum absolute atomic E-state index is 11.4.